The lowest BCUT2D eigenvalue weighted by atomic mass is 10.1. The highest BCUT2D eigenvalue weighted by Gasteiger charge is 2.28. The van der Waals surface area contributed by atoms with Crippen LogP contribution in [0.2, 0.25) is 0 Å². The number of amides is 1. The van der Waals surface area contributed by atoms with Gasteiger partial charge in [-0.2, -0.15) is 0 Å². The van der Waals surface area contributed by atoms with E-state index in [-0.39, 0.29) is 5.91 Å². The van der Waals surface area contributed by atoms with Crippen molar-refractivity contribution < 1.29 is 9.32 Å². The lowest BCUT2D eigenvalue weighted by Gasteiger charge is -2.20. The molecule has 1 fully saturated rings. The first-order valence-electron chi connectivity index (χ1n) is 7.59. The number of aromatic nitrogens is 1. The van der Waals surface area contributed by atoms with Crippen LogP contribution in [0.4, 0.5) is 0 Å². The van der Waals surface area contributed by atoms with E-state index in [2.05, 4.69) is 12.1 Å². The van der Waals surface area contributed by atoms with Crippen molar-refractivity contribution in [2.75, 3.05) is 13.1 Å². The van der Waals surface area contributed by atoms with Gasteiger partial charge >= 0.3 is 0 Å². The fourth-order valence-electron chi connectivity index (χ4n) is 2.43. The van der Waals surface area contributed by atoms with Gasteiger partial charge in [-0.3, -0.25) is 4.79 Å². The Morgan fingerprint density at radius 3 is 2.76 bits per heavy atom. The van der Waals surface area contributed by atoms with E-state index in [1.807, 2.05) is 35.2 Å². The van der Waals surface area contributed by atoms with Crippen LogP contribution in [0.5, 0.6) is 0 Å². The molecule has 1 aromatic carbocycles. The zero-order chi connectivity index (χ0) is 14.7. The van der Waals surface area contributed by atoms with Gasteiger partial charge < -0.3 is 9.42 Å². The predicted octanol–water partition coefficient (Wildman–Crippen LogP) is 3.60. The van der Waals surface area contributed by atoms with Gasteiger partial charge in [-0.25, -0.2) is 0 Å². The molecule has 3 rings (SSSR count). The minimum Gasteiger partial charge on any atom is -0.355 e. The minimum absolute atomic E-state index is 0.0188. The van der Waals surface area contributed by atoms with Gasteiger partial charge in [-0.1, -0.05) is 42.4 Å². The summed E-state index contributed by atoms with van der Waals surface area (Å²) >= 11 is 0. The molecule has 0 radical (unpaired) electrons. The maximum absolute atomic E-state index is 12.5. The van der Waals surface area contributed by atoms with E-state index in [9.17, 15) is 4.79 Å². The smallest absolute Gasteiger partial charge is 0.276 e. The number of benzene rings is 1. The van der Waals surface area contributed by atoms with Crippen LogP contribution in [0.25, 0.3) is 11.3 Å². The normalized spacial score (nSPS) is 14.1. The Kier molecular flexibility index (Phi) is 4.04. The zero-order valence-corrected chi connectivity index (χ0v) is 12.3. The van der Waals surface area contributed by atoms with Crippen molar-refractivity contribution in [1.82, 2.24) is 10.1 Å². The molecule has 1 heterocycles. The summed E-state index contributed by atoms with van der Waals surface area (Å²) in [6.07, 6.45) is 3.44. The maximum Gasteiger partial charge on any atom is 0.276 e. The highest BCUT2D eigenvalue weighted by Crippen LogP contribution is 2.30. The van der Waals surface area contributed by atoms with E-state index in [1.165, 1.54) is 12.8 Å². The summed E-state index contributed by atoms with van der Waals surface area (Å²) in [6, 6.07) is 11.5. The third-order valence-corrected chi connectivity index (χ3v) is 3.74. The van der Waals surface area contributed by atoms with Crippen LogP contribution >= 0.6 is 0 Å². The number of carbonyl (C=O) groups is 1. The highest BCUT2D eigenvalue weighted by atomic mass is 16.5. The van der Waals surface area contributed by atoms with Crippen molar-refractivity contribution in [3.8, 4) is 11.3 Å². The van der Waals surface area contributed by atoms with Gasteiger partial charge in [0.2, 0.25) is 0 Å². The summed E-state index contributed by atoms with van der Waals surface area (Å²) in [4.78, 5) is 14.5. The fourth-order valence-corrected chi connectivity index (χ4v) is 2.43. The Labute approximate surface area is 124 Å². The summed E-state index contributed by atoms with van der Waals surface area (Å²) in [5.41, 5.74) is 1.34. The van der Waals surface area contributed by atoms with Crippen LogP contribution < -0.4 is 0 Å². The molecule has 0 spiro atoms. The number of rotatable bonds is 6. The second kappa shape index (κ2) is 6.12. The third kappa shape index (κ3) is 3.32. The molecule has 0 bridgehead atoms. The molecule has 1 aliphatic carbocycles. The first-order chi connectivity index (χ1) is 10.3. The molecule has 1 amide bonds. The molecule has 110 valence electrons. The van der Waals surface area contributed by atoms with Crippen molar-refractivity contribution in [3.63, 3.8) is 0 Å². The van der Waals surface area contributed by atoms with Gasteiger partial charge in [0, 0.05) is 24.7 Å². The number of nitrogens with zero attached hydrogens (tertiary/aromatic N) is 2. The molecule has 2 aromatic rings. The second-order valence-corrected chi connectivity index (χ2v) is 5.64. The average Bonchev–Trinajstić information content (AvgIpc) is 3.20. The van der Waals surface area contributed by atoms with Crippen molar-refractivity contribution in [1.29, 1.82) is 0 Å². The summed E-state index contributed by atoms with van der Waals surface area (Å²) in [6.45, 7) is 3.72. The van der Waals surface area contributed by atoms with Crippen molar-refractivity contribution in [2.24, 2.45) is 5.92 Å². The summed E-state index contributed by atoms with van der Waals surface area (Å²) in [5.74, 6) is 1.30. The number of carbonyl (C=O) groups excluding carboxylic acids is 1. The molecule has 21 heavy (non-hydrogen) atoms. The Hall–Kier alpha value is -2.10. The first-order valence-corrected chi connectivity index (χ1v) is 7.59. The van der Waals surface area contributed by atoms with E-state index >= 15 is 0 Å². The molecule has 0 atom stereocenters. The van der Waals surface area contributed by atoms with E-state index < -0.39 is 0 Å². The minimum atomic E-state index is -0.0188. The van der Waals surface area contributed by atoms with Gasteiger partial charge in [0.1, 0.15) is 0 Å². The van der Waals surface area contributed by atoms with E-state index in [0.29, 0.717) is 17.4 Å². The summed E-state index contributed by atoms with van der Waals surface area (Å²) < 4.78 is 5.32. The molecule has 0 N–H and O–H groups in total. The van der Waals surface area contributed by atoms with Crippen LogP contribution in [0.1, 0.15) is 36.7 Å². The molecule has 0 saturated heterocycles. The van der Waals surface area contributed by atoms with E-state index in [0.717, 1.165) is 25.1 Å². The van der Waals surface area contributed by atoms with E-state index in [4.69, 9.17) is 4.52 Å². The van der Waals surface area contributed by atoms with Gasteiger partial charge in [0.05, 0.1) is 0 Å². The lowest BCUT2D eigenvalue weighted by molar-refractivity contribution is 0.0737. The van der Waals surface area contributed by atoms with Gasteiger partial charge in [0.25, 0.3) is 5.91 Å². The second-order valence-electron chi connectivity index (χ2n) is 5.64. The summed E-state index contributed by atoms with van der Waals surface area (Å²) in [7, 11) is 0. The Morgan fingerprint density at radius 2 is 2.10 bits per heavy atom. The molecular weight excluding hydrogens is 264 g/mol. The van der Waals surface area contributed by atoms with Crippen LogP contribution in [-0.2, 0) is 0 Å². The largest absolute Gasteiger partial charge is 0.355 e. The predicted molar refractivity (Wildman–Crippen MR) is 80.9 cm³/mol. The topological polar surface area (TPSA) is 46.3 Å². The monoisotopic (exact) mass is 284 g/mol. The standard InChI is InChI=1S/C17H20N2O2/c1-2-10-19(12-13-8-9-13)17(20)15-11-16(21-18-15)14-6-4-3-5-7-14/h3-7,11,13H,2,8-10,12H2,1H3. The molecule has 1 saturated carbocycles. The molecule has 0 unspecified atom stereocenters. The average molecular weight is 284 g/mol. The SMILES string of the molecule is CCCN(CC1CC1)C(=O)c1cc(-c2ccccc2)on1. The van der Waals surface area contributed by atoms with Gasteiger partial charge in [-0.15, -0.1) is 0 Å². The fraction of sp³-hybridized carbons (Fsp3) is 0.412. The molecule has 0 aliphatic heterocycles. The Balaban J connectivity index is 1.76. The van der Waals surface area contributed by atoms with Crippen molar-refractivity contribution in [3.05, 3.63) is 42.1 Å². The van der Waals surface area contributed by atoms with Crippen LogP contribution in [-0.4, -0.2) is 29.1 Å². The maximum atomic E-state index is 12.5. The number of hydrogen-bond donors (Lipinski definition) is 0. The molecule has 4 heteroatoms. The number of hydrogen-bond acceptors (Lipinski definition) is 3. The molecule has 1 aromatic heterocycles. The Morgan fingerprint density at radius 1 is 1.33 bits per heavy atom. The zero-order valence-electron chi connectivity index (χ0n) is 12.3. The van der Waals surface area contributed by atoms with Crippen LogP contribution in [0, 0.1) is 5.92 Å². The van der Waals surface area contributed by atoms with Gasteiger partial charge in [0.15, 0.2) is 11.5 Å². The lowest BCUT2D eigenvalue weighted by Crippen LogP contribution is -2.33. The van der Waals surface area contributed by atoms with Crippen LogP contribution in [0.15, 0.2) is 40.9 Å². The molecular formula is C17H20N2O2. The van der Waals surface area contributed by atoms with Crippen molar-refractivity contribution in [2.45, 2.75) is 26.2 Å². The third-order valence-electron chi connectivity index (χ3n) is 3.74. The molecule has 1 aliphatic rings. The van der Waals surface area contributed by atoms with Crippen LogP contribution in [0.3, 0.4) is 0 Å². The van der Waals surface area contributed by atoms with E-state index in [1.54, 1.807) is 6.07 Å². The molecule has 4 nitrogen and oxygen atoms in total. The van der Waals surface area contributed by atoms with Gasteiger partial charge in [-0.05, 0) is 25.2 Å². The van der Waals surface area contributed by atoms with Crippen molar-refractivity contribution >= 4 is 5.91 Å². The summed E-state index contributed by atoms with van der Waals surface area (Å²) in [5, 5.41) is 3.96. The first kappa shape index (κ1) is 13.9. The Bertz CT molecular complexity index is 602. The quantitative estimate of drug-likeness (QED) is 0.814. The highest BCUT2D eigenvalue weighted by molar-refractivity contribution is 5.93.